The first-order valence-electron chi connectivity index (χ1n) is 5.09. The number of hydrogen-bond donors (Lipinski definition) is 1. The molecule has 1 rings (SSSR count). The predicted octanol–water partition coefficient (Wildman–Crippen LogP) is 1.70. The molecule has 0 saturated carbocycles. The molecule has 0 radical (unpaired) electrons. The molecule has 0 aliphatic heterocycles. The minimum Gasteiger partial charge on any atom is -0.495 e. The van der Waals surface area contributed by atoms with E-state index in [0.29, 0.717) is 0 Å². The molecule has 0 aliphatic carbocycles. The zero-order valence-corrected chi connectivity index (χ0v) is 11.2. The van der Waals surface area contributed by atoms with E-state index in [1.807, 2.05) is 0 Å². The van der Waals surface area contributed by atoms with Gasteiger partial charge in [0.05, 0.1) is 12.7 Å². The molecule has 0 aliphatic rings. The largest absolute Gasteiger partial charge is 0.495 e. The Kier molecular flexibility index (Phi) is 4.13. The Labute approximate surface area is 102 Å². The lowest BCUT2D eigenvalue weighted by molar-refractivity contribution is -0.0358. The highest BCUT2D eigenvalue weighted by molar-refractivity contribution is 7.89. The van der Waals surface area contributed by atoms with Crippen molar-refractivity contribution < 1.29 is 18.0 Å². The molecule has 1 N–H and O–H groups in total. The number of sulfonamides is 1. The van der Waals surface area contributed by atoms with Crippen LogP contribution in [0.25, 0.3) is 0 Å². The first-order valence-corrected chi connectivity index (χ1v) is 6.57. The van der Waals surface area contributed by atoms with E-state index in [-0.39, 0.29) is 10.6 Å². The summed E-state index contributed by atoms with van der Waals surface area (Å²) in [4.78, 5) is 7.18. The van der Waals surface area contributed by atoms with Crippen LogP contribution in [0.15, 0.2) is 29.2 Å². The minimum absolute atomic E-state index is 0.0479. The lowest BCUT2D eigenvalue weighted by Crippen LogP contribution is -2.33. The molecule has 96 valence electrons. The average molecular weight is 259 g/mol. The monoisotopic (exact) mass is 259 g/mol. The van der Waals surface area contributed by atoms with Crippen LogP contribution in [-0.4, -0.2) is 21.1 Å². The van der Waals surface area contributed by atoms with Crippen molar-refractivity contribution in [1.29, 1.82) is 0 Å². The second-order valence-corrected chi connectivity index (χ2v) is 6.07. The lowest BCUT2D eigenvalue weighted by atomic mass is 10.2. The van der Waals surface area contributed by atoms with E-state index < -0.39 is 15.6 Å². The molecule has 1 aromatic rings. The Morgan fingerprint density at radius 2 is 1.76 bits per heavy atom. The molecule has 0 fully saturated rings. The van der Waals surface area contributed by atoms with E-state index in [0.717, 1.165) is 0 Å². The fourth-order valence-corrected chi connectivity index (χ4v) is 2.19. The summed E-state index contributed by atoms with van der Waals surface area (Å²) >= 11 is 0. The number of para-hydroxylation sites is 1. The van der Waals surface area contributed by atoms with Gasteiger partial charge in [-0.15, -0.1) is 0 Å². The number of hydrogen-bond acceptors (Lipinski definition) is 4. The number of ether oxygens (including phenoxy) is 1. The average Bonchev–Trinajstić information content (AvgIpc) is 2.26. The summed E-state index contributed by atoms with van der Waals surface area (Å²) in [6, 6.07) is 6.34. The molecule has 6 heteroatoms. The van der Waals surface area contributed by atoms with Crippen molar-refractivity contribution in [2.75, 3.05) is 7.11 Å². The molecule has 1 aromatic carbocycles. The highest BCUT2D eigenvalue weighted by Gasteiger charge is 2.22. The second kappa shape index (κ2) is 5.03. The molecule has 0 spiro atoms. The van der Waals surface area contributed by atoms with Gasteiger partial charge in [-0.3, -0.25) is 4.84 Å². The standard InChI is InChI=1S/C11H17NO4S/c1-11(2,3)16-12-17(13,14)10-8-6-5-7-9(10)15-4/h5-8,12H,1-4H3. The first kappa shape index (κ1) is 14.0. The van der Waals surface area contributed by atoms with Crippen LogP contribution in [0.4, 0.5) is 0 Å². The fourth-order valence-electron chi connectivity index (χ4n) is 1.07. The number of nitrogens with one attached hydrogen (secondary N) is 1. The summed E-state index contributed by atoms with van der Waals surface area (Å²) in [6.07, 6.45) is 0. The molecule has 0 heterocycles. The normalized spacial score (nSPS) is 12.5. The highest BCUT2D eigenvalue weighted by Crippen LogP contribution is 2.22. The Morgan fingerprint density at radius 3 is 2.29 bits per heavy atom. The van der Waals surface area contributed by atoms with Crippen molar-refractivity contribution in [1.82, 2.24) is 4.89 Å². The summed E-state index contributed by atoms with van der Waals surface area (Å²) in [5.41, 5.74) is -0.602. The quantitative estimate of drug-likeness (QED) is 0.836. The van der Waals surface area contributed by atoms with E-state index in [2.05, 4.69) is 4.89 Å². The van der Waals surface area contributed by atoms with Crippen molar-refractivity contribution in [2.24, 2.45) is 0 Å². The van der Waals surface area contributed by atoms with Crippen LogP contribution >= 0.6 is 0 Å². The zero-order valence-electron chi connectivity index (χ0n) is 10.4. The van der Waals surface area contributed by atoms with Gasteiger partial charge in [-0.05, 0) is 32.9 Å². The van der Waals surface area contributed by atoms with Gasteiger partial charge in [-0.1, -0.05) is 17.0 Å². The number of benzene rings is 1. The first-order chi connectivity index (χ1) is 7.76. The van der Waals surface area contributed by atoms with Gasteiger partial charge in [0, 0.05) is 0 Å². The van der Waals surface area contributed by atoms with Crippen LogP contribution in [0.1, 0.15) is 20.8 Å². The van der Waals surface area contributed by atoms with Crippen molar-refractivity contribution in [3.63, 3.8) is 0 Å². The molecular weight excluding hydrogens is 242 g/mol. The number of rotatable bonds is 4. The third kappa shape index (κ3) is 3.99. The van der Waals surface area contributed by atoms with Crippen LogP contribution < -0.4 is 9.62 Å². The van der Waals surface area contributed by atoms with Gasteiger partial charge in [0.25, 0.3) is 10.0 Å². The molecule has 0 atom stereocenters. The summed E-state index contributed by atoms with van der Waals surface area (Å²) in [6.45, 7) is 5.24. The third-order valence-electron chi connectivity index (χ3n) is 1.82. The van der Waals surface area contributed by atoms with Crippen molar-refractivity contribution in [2.45, 2.75) is 31.3 Å². The maximum Gasteiger partial charge on any atom is 0.266 e. The Bertz CT molecular complexity index is 476. The van der Waals surface area contributed by atoms with E-state index >= 15 is 0 Å². The maximum atomic E-state index is 11.9. The van der Waals surface area contributed by atoms with Crippen LogP contribution in [0, 0.1) is 0 Å². The Morgan fingerprint density at radius 1 is 1.18 bits per heavy atom. The summed E-state index contributed by atoms with van der Waals surface area (Å²) in [5, 5.41) is 0. The van der Waals surface area contributed by atoms with Crippen molar-refractivity contribution >= 4 is 10.0 Å². The van der Waals surface area contributed by atoms with E-state index in [4.69, 9.17) is 9.57 Å². The van der Waals surface area contributed by atoms with Crippen LogP contribution in [0.2, 0.25) is 0 Å². The zero-order chi connectivity index (χ0) is 13.1. The van der Waals surface area contributed by atoms with Crippen molar-refractivity contribution in [3.05, 3.63) is 24.3 Å². The third-order valence-corrected chi connectivity index (χ3v) is 3.04. The highest BCUT2D eigenvalue weighted by atomic mass is 32.2. The van der Waals surface area contributed by atoms with Crippen LogP contribution in [0.3, 0.4) is 0 Å². The molecule has 0 bridgehead atoms. The van der Waals surface area contributed by atoms with Crippen molar-refractivity contribution in [3.8, 4) is 5.75 Å². The Balaban J connectivity index is 2.98. The lowest BCUT2D eigenvalue weighted by Gasteiger charge is -2.19. The van der Waals surface area contributed by atoms with E-state index in [1.165, 1.54) is 13.2 Å². The summed E-state index contributed by atoms with van der Waals surface area (Å²) < 4.78 is 28.9. The number of methoxy groups -OCH3 is 1. The minimum atomic E-state index is -3.73. The fraction of sp³-hybridized carbons (Fsp3) is 0.455. The second-order valence-electron chi connectivity index (χ2n) is 4.45. The van der Waals surface area contributed by atoms with Gasteiger partial charge in [0.2, 0.25) is 0 Å². The van der Waals surface area contributed by atoms with Gasteiger partial charge in [-0.2, -0.15) is 0 Å². The molecule has 17 heavy (non-hydrogen) atoms. The van der Waals surface area contributed by atoms with Gasteiger partial charge < -0.3 is 4.74 Å². The predicted molar refractivity (Wildman–Crippen MR) is 64.2 cm³/mol. The smallest absolute Gasteiger partial charge is 0.266 e. The SMILES string of the molecule is COc1ccccc1S(=O)(=O)NOC(C)(C)C. The molecule has 0 aromatic heterocycles. The van der Waals surface area contributed by atoms with Gasteiger partial charge in [-0.25, -0.2) is 8.42 Å². The van der Waals surface area contributed by atoms with E-state index in [9.17, 15) is 8.42 Å². The molecule has 0 amide bonds. The molecule has 5 nitrogen and oxygen atoms in total. The summed E-state index contributed by atoms with van der Waals surface area (Å²) in [5.74, 6) is 0.275. The van der Waals surface area contributed by atoms with Gasteiger partial charge in [0.1, 0.15) is 10.6 Å². The van der Waals surface area contributed by atoms with Crippen LogP contribution in [0.5, 0.6) is 5.75 Å². The summed E-state index contributed by atoms with van der Waals surface area (Å²) in [7, 11) is -2.32. The molecule has 0 unspecified atom stereocenters. The van der Waals surface area contributed by atoms with Gasteiger partial charge in [0.15, 0.2) is 0 Å². The van der Waals surface area contributed by atoms with Crippen LogP contribution in [-0.2, 0) is 14.9 Å². The molecule has 0 saturated heterocycles. The van der Waals surface area contributed by atoms with Gasteiger partial charge >= 0.3 is 0 Å². The molecular formula is C11H17NO4S. The maximum absolute atomic E-state index is 11.9. The topological polar surface area (TPSA) is 64.6 Å². The Hall–Kier alpha value is -1.11. The van der Waals surface area contributed by atoms with E-state index in [1.54, 1.807) is 39.0 Å².